The fourth-order valence-electron chi connectivity index (χ4n) is 4.20. The molecule has 5 rings (SSSR count). The minimum Gasteiger partial charge on any atom is -0.341 e. The molecule has 2 fully saturated rings. The second kappa shape index (κ2) is 7.32. The Balaban J connectivity index is 1.55. The van der Waals surface area contributed by atoms with Crippen LogP contribution in [0.4, 0.5) is 17.6 Å². The maximum Gasteiger partial charge on any atom is 0.281 e. The third-order valence-electron chi connectivity index (χ3n) is 5.51. The molecule has 3 aromatic rings. The second-order valence-electron chi connectivity index (χ2n) is 8.03. The summed E-state index contributed by atoms with van der Waals surface area (Å²) in [6, 6.07) is 4.23. The summed E-state index contributed by atoms with van der Waals surface area (Å²) in [4.78, 5) is 20.8. The molecule has 0 amide bonds. The molecular weight excluding hydrogens is 434 g/mol. The van der Waals surface area contributed by atoms with Gasteiger partial charge in [-0.3, -0.25) is 4.79 Å². The number of carbonyl (C=O) groups excluding carboxylic acids is 1. The van der Waals surface area contributed by atoms with E-state index in [2.05, 4.69) is 9.97 Å². The Bertz CT molecular complexity index is 1210. The number of hydrogen-bond donors (Lipinski definition) is 0. The van der Waals surface area contributed by atoms with E-state index < -0.39 is 59.9 Å². The van der Waals surface area contributed by atoms with Crippen LogP contribution in [-0.4, -0.2) is 44.4 Å². The minimum absolute atomic E-state index is 0.0960. The molecule has 2 aromatic heterocycles. The molecule has 32 heavy (non-hydrogen) atoms. The highest BCUT2D eigenvalue weighted by Gasteiger charge is 2.58. The van der Waals surface area contributed by atoms with Crippen molar-refractivity contribution in [2.75, 3.05) is 0 Å². The summed E-state index contributed by atoms with van der Waals surface area (Å²) >= 11 is 0. The molecule has 4 atom stereocenters. The van der Waals surface area contributed by atoms with Gasteiger partial charge in [-0.1, -0.05) is 0 Å². The van der Waals surface area contributed by atoms with Gasteiger partial charge in [0.15, 0.2) is 35.5 Å². The molecule has 0 spiro atoms. The van der Waals surface area contributed by atoms with Gasteiger partial charge in [-0.15, -0.1) is 0 Å². The number of ether oxygens (including phenoxy) is 3. The Morgan fingerprint density at radius 3 is 2.56 bits per heavy atom. The van der Waals surface area contributed by atoms with Gasteiger partial charge in [-0.25, -0.2) is 27.5 Å². The molecule has 2 saturated heterocycles. The zero-order valence-corrected chi connectivity index (χ0v) is 16.8. The van der Waals surface area contributed by atoms with Crippen LogP contribution in [0.1, 0.15) is 42.6 Å². The molecule has 2 aliphatic rings. The number of ketones is 1. The van der Waals surface area contributed by atoms with Crippen LogP contribution in [0.2, 0.25) is 0 Å². The largest absolute Gasteiger partial charge is 0.341 e. The van der Waals surface area contributed by atoms with Crippen LogP contribution in [0.5, 0.6) is 0 Å². The molecule has 11 heteroatoms. The van der Waals surface area contributed by atoms with Crippen molar-refractivity contribution in [1.29, 1.82) is 0 Å². The van der Waals surface area contributed by atoms with Crippen molar-refractivity contribution in [1.82, 2.24) is 14.5 Å². The van der Waals surface area contributed by atoms with Crippen molar-refractivity contribution in [3.63, 3.8) is 0 Å². The number of halogens is 4. The van der Waals surface area contributed by atoms with Crippen molar-refractivity contribution in [2.24, 2.45) is 0 Å². The SMILES string of the molecule is CC1(C)O[C@@H]2[C@H](O1)[C@@H](C(=O)c1ccc(F)c(F)c1)O[C@H]2n1ccc2c(C(F)F)ncnc21. The van der Waals surface area contributed by atoms with Crippen molar-refractivity contribution < 1.29 is 36.6 Å². The number of hydrogen-bond acceptors (Lipinski definition) is 6. The van der Waals surface area contributed by atoms with Gasteiger partial charge in [-0.05, 0) is 38.1 Å². The highest BCUT2D eigenvalue weighted by Crippen LogP contribution is 2.45. The van der Waals surface area contributed by atoms with Crippen molar-refractivity contribution in [2.45, 2.75) is 50.6 Å². The Labute approximate surface area is 178 Å². The van der Waals surface area contributed by atoms with Gasteiger partial charge in [0.05, 0.1) is 0 Å². The number of fused-ring (bicyclic) bond motifs is 2. The molecule has 0 unspecified atom stereocenters. The van der Waals surface area contributed by atoms with E-state index in [0.717, 1.165) is 24.5 Å². The van der Waals surface area contributed by atoms with E-state index in [0.29, 0.717) is 0 Å². The van der Waals surface area contributed by atoms with E-state index in [-0.39, 0.29) is 16.6 Å². The molecule has 7 nitrogen and oxygen atoms in total. The lowest BCUT2D eigenvalue weighted by Crippen LogP contribution is -2.35. The first kappa shape index (κ1) is 21.0. The van der Waals surface area contributed by atoms with Gasteiger partial charge >= 0.3 is 0 Å². The summed E-state index contributed by atoms with van der Waals surface area (Å²) in [5, 5.41) is 0.135. The van der Waals surface area contributed by atoms with Crippen LogP contribution >= 0.6 is 0 Å². The second-order valence-corrected chi connectivity index (χ2v) is 8.03. The zero-order valence-electron chi connectivity index (χ0n) is 16.8. The highest BCUT2D eigenvalue weighted by atomic mass is 19.3. The van der Waals surface area contributed by atoms with Crippen LogP contribution in [0.15, 0.2) is 36.8 Å². The third kappa shape index (κ3) is 3.28. The first-order valence-electron chi connectivity index (χ1n) is 9.76. The first-order chi connectivity index (χ1) is 15.2. The van der Waals surface area contributed by atoms with Gasteiger partial charge in [0.1, 0.15) is 29.9 Å². The smallest absolute Gasteiger partial charge is 0.281 e. The average Bonchev–Trinajstić information content (AvgIpc) is 3.39. The minimum atomic E-state index is -2.80. The van der Waals surface area contributed by atoms with E-state index in [9.17, 15) is 22.4 Å². The molecule has 0 radical (unpaired) electrons. The van der Waals surface area contributed by atoms with Gasteiger partial charge in [0.25, 0.3) is 6.43 Å². The van der Waals surface area contributed by atoms with E-state index in [1.807, 2.05) is 0 Å². The van der Waals surface area contributed by atoms with E-state index in [1.165, 1.54) is 16.8 Å². The summed E-state index contributed by atoms with van der Waals surface area (Å²) in [7, 11) is 0. The molecule has 4 heterocycles. The molecule has 0 saturated carbocycles. The standard InChI is InChI=1S/C21H17F4N3O4/c1-21(2)31-16-15(14(29)9-3-4-11(22)12(23)7-9)30-20(17(16)32-21)28-6-5-10-13(18(24)25)26-8-27-19(10)28/h3-8,15-18,20H,1-2H3/t15-,16-,17-,20-/m1/s1. The van der Waals surface area contributed by atoms with E-state index >= 15 is 0 Å². The monoisotopic (exact) mass is 451 g/mol. The number of carbonyl (C=O) groups is 1. The van der Waals surface area contributed by atoms with Crippen molar-refractivity contribution >= 4 is 16.8 Å². The Kier molecular flexibility index (Phi) is 4.80. The summed E-state index contributed by atoms with van der Waals surface area (Å²) in [6.45, 7) is 3.32. The topological polar surface area (TPSA) is 75.5 Å². The molecule has 0 bridgehead atoms. The van der Waals surface area contributed by atoms with Crippen molar-refractivity contribution in [3.8, 4) is 0 Å². The lowest BCUT2D eigenvalue weighted by molar-refractivity contribution is -0.190. The normalized spacial score (nSPS) is 26.7. The number of alkyl halides is 2. The number of Topliss-reactive ketones (excluding diaryl/α,β-unsaturated/α-hetero) is 1. The van der Waals surface area contributed by atoms with Gasteiger partial charge in [0.2, 0.25) is 0 Å². The maximum absolute atomic E-state index is 13.7. The molecule has 168 valence electrons. The number of aromatic nitrogens is 3. The quantitative estimate of drug-likeness (QED) is 0.442. The molecular formula is C21H17F4N3O4. The number of benzene rings is 1. The van der Waals surface area contributed by atoms with Gasteiger partial charge < -0.3 is 18.8 Å². The lowest BCUT2D eigenvalue weighted by Gasteiger charge is -2.24. The van der Waals surface area contributed by atoms with E-state index in [1.54, 1.807) is 13.8 Å². The Morgan fingerprint density at radius 2 is 1.84 bits per heavy atom. The van der Waals surface area contributed by atoms with Crippen molar-refractivity contribution in [3.05, 3.63) is 59.7 Å². The molecule has 0 N–H and O–H groups in total. The summed E-state index contributed by atoms with van der Waals surface area (Å²) in [5.74, 6) is -3.93. The number of nitrogens with zero attached hydrogens (tertiary/aromatic N) is 3. The van der Waals surface area contributed by atoms with Crippen LogP contribution in [0.3, 0.4) is 0 Å². The first-order valence-corrected chi connectivity index (χ1v) is 9.76. The molecule has 2 aliphatic heterocycles. The molecule has 0 aliphatic carbocycles. The molecule has 1 aromatic carbocycles. The fraction of sp³-hybridized carbons (Fsp3) is 0.381. The summed E-state index contributed by atoms with van der Waals surface area (Å²) in [5.41, 5.74) is -0.351. The van der Waals surface area contributed by atoms with Crippen LogP contribution in [0.25, 0.3) is 11.0 Å². The highest BCUT2D eigenvalue weighted by molar-refractivity contribution is 6.00. The third-order valence-corrected chi connectivity index (χ3v) is 5.51. The van der Waals surface area contributed by atoms with Crippen LogP contribution in [0, 0.1) is 11.6 Å². The number of rotatable bonds is 4. The van der Waals surface area contributed by atoms with Gasteiger partial charge in [0, 0.05) is 17.1 Å². The summed E-state index contributed by atoms with van der Waals surface area (Å²) in [6.07, 6.45) is -4.10. The predicted molar refractivity (Wildman–Crippen MR) is 101 cm³/mol. The lowest BCUT2D eigenvalue weighted by atomic mass is 10.0. The summed E-state index contributed by atoms with van der Waals surface area (Å²) < 4.78 is 72.9. The predicted octanol–water partition coefficient (Wildman–Crippen LogP) is 3.95. The zero-order chi connectivity index (χ0) is 22.8. The maximum atomic E-state index is 13.7. The Hall–Kier alpha value is -2.89. The average molecular weight is 451 g/mol. The van der Waals surface area contributed by atoms with Crippen LogP contribution in [-0.2, 0) is 14.2 Å². The Morgan fingerprint density at radius 1 is 1.09 bits per heavy atom. The van der Waals surface area contributed by atoms with E-state index in [4.69, 9.17) is 14.2 Å². The fourth-order valence-corrected chi connectivity index (χ4v) is 4.20. The van der Waals surface area contributed by atoms with Crippen LogP contribution < -0.4 is 0 Å². The van der Waals surface area contributed by atoms with Gasteiger partial charge in [-0.2, -0.15) is 0 Å².